The molecule has 0 bridgehead atoms. The van der Waals surface area contributed by atoms with Gasteiger partial charge in [0, 0.05) is 55.6 Å². The van der Waals surface area contributed by atoms with Gasteiger partial charge in [-0.1, -0.05) is 19.3 Å². The third-order valence-electron chi connectivity index (χ3n) is 6.42. The van der Waals surface area contributed by atoms with Crippen molar-refractivity contribution in [1.29, 1.82) is 0 Å². The quantitative estimate of drug-likeness (QED) is 0.129. The average Bonchev–Trinajstić information content (AvgIpc) is 2.91. The minimum absolute atomic E-state index is 0.00494. The van der Waals surface area contributed by atoms with Gasteiger partial charge in [-0.2, -0.15) is 13.2 Å². The predicted molar refractivity (Wildman–Crippen MR) is 151 cm³/mol. The van der Waals surface area contributed by atoms with Crippen molar-refractivity contribution in [3.8, 4) is 0 Å². The van der Waals surface area contributed by atoms with Crippen molar-refractivity contribution in [3.63, 3.8) is 0 Å². The molecule has 6 N–H and O–H groups in total. The van der Waals surface area contributed by atoms with Gasteiger partial charge in [-0.05, 0) is 56.7 Å². The van der Waals surface area contributed by atoms with Gasteiger partial charge in [0.2, 0.25) is 12.3 Å². The zero-order valence-electron chi connectivity index (χ0n) is 23.3. The van der Waals surface area contributed by atoms with Gasteiger partial charge in [-0.15, -0.1) is 0 Å². The highest BCUT2D eigenvalue weighted by Gasteiger charge is 2.30. The zero-order valence-corrected chi connectivity index (χ0v) is 23.3. The fraction of sp³-hybridized carbons (Fsp3) is 0.500. The second-order valence-electron chi connectivity index (χ2n) is 10.1. The molecule has 1 fully saturated rings. The number of nitrogens with one attached hydrogen (secondary N) is 2. The molecule has 2 aromatic rings. The number of allylic oxidation sites excluding steroid dienone is 1. The van der Waals surface area contributed by atoms with Crippen LogP contribution >= 0.6 is 0 Å². The summed E-state index contributed by atoms with van der Waals surface area (Å²) >= 11 is 0. The molecular formula is C28H40F3N7O3. The molecule has 0 saturated heterocycles. The summed E-state index contributed by atoms with van der Waals surface area (Å²) in [6, 6.07) is 5.06. The maximum atomic E-state index is 12.2. The first-order valence-electron chi connectivity index (χ1n) is 13.6. The molecule has 226 valence electrons. The van der Waals surface area contributed by atoms with Crippen LogP contribution in [0.5, 0.6) is 0 Å². The van der Waals surface area contributed by atoms with E-state index < -0.39 is 11.7 Å². The van der Waals surface area contributed by atoms with Crippen LogP contribution in [0.2, 0.25) is 0 Å². The lowest BCUT2D eigenvalue weighted by molar-refractivity contribution is -0.137. The molecule has 0 radical (unpaired) electrons. The summed E-state index contributed by atoms with van der Waals surface area (Å²) in [5.41, 5.74) is 6.11. The third-order valence-corrected chi connectivity index (χ3v) is 6.42. The van der Waals surface area contributed by atoms with E-state index in [9.17, 15) is 27.6 Å². The van der Waals surface area contributed by atoms with E-state index >= 15 is 0 Å². The van der Waals surface area contributed by atoms with Crippen LogP contribution in [-0.2, 0) is 28.9 Å². The first-order chi connectivity index (χ1) is 19.5. The number of aromatic nitrogens is 2. The van der Waals surface area contributed by atoms with E-state index in [1.165, 1.54) is 25.3 Å². The van der Waals surface area contributed by atoms with Crippen LogP contribution in [0.1, 0.15) is 69.5 Å². The molecule has 0 aliphatic heterocycles. The van der Waals surface area contributed by atoms with Gasteiger partial charge in [0.15, 0.2) is 0 Å². The Labute approximate surface area is 238 Å². The highest BCUT2D eigenvalue weighted by atomic mass is 19.4. The van der Waals surface area contributed by atoms with Crippen molar-refractivity contribution >= 4 is 18.0 Å². The Morgan fingerprint density at radius 3 is 2.56 bits per heavy atom. The standard InChI is InChI=1S/C20H33N5O2.C8H7F3N2O/c1-16(21)15-25(22)11-6-5-10-24-12-9-18(14-20(24)27)23-19(26)13-17-7-3-2-4-8-17;9-8(10,11)6-1-2-13-7(3-6)4-12-5-14/h9,12,14-15,17H,2-8,10-11,13,21-22H2,1H3,(H,23,26);1-3,5H,4H2,(H,12,14)/b16-15-;. The van der Waals surface area contributed by atoms with Crippen molar-refractivity contribution < 1.29 is 22.8 Å². The molecular weight excluding hydrogens is 539 g/mol. The fourth-order valence-electron chi connectivity index (χ4n) is 4.44. The van der Waals surface area contributed by atoms with E-state index in [-0.39, 0.29) is 23.7 Å². The van der Waals surface area contributed by atoms with Crippen LogP contribution < -0.4 is 27.8 Å². The number of unbranched alkanes of at least 4 members (excludes halogenated alkanes) is 1. The molecule has 2 heterocycles. The number of aryl methyl sites for hydroxylation is 1. The number of carbonyl (C=O) groups is 2. The number of hydrogen-bond donors (Lipinski definition) is 4. The van der Waals surface area contributed by atoms with Crippen LogP contribution in [0.15, 0.2) is 53.4 Å². The van der Waals surface area contributed by atoms with Crippen molar-refractivity contribution in [1.82, 2.24) is 19.9 Å². The fourth-order valence-corrected chi connectivity index (χ4v) is 4.44. The van der Waals surface area contributed by atoms with Crippen LogP contribution in [0.25, 0.3) is 0 Å². The van der Waals surface area contributed by atoms with Crippen molar-refractivity contribution in [2.45, 2.75) is 77.6 Å². The predicted octanol–water partition coefficient (Wildman–Crippen LogP) is 3.88. The highest BCUT2D eigenvalue weighted by Crippen LogP contribution is 2.29. The highest BCUT2D eigenvalue weighted by molar-refractivity contribution is 5.90. The summed E-state index contributed by atoms with van der Waals surface area (Å²) in [7, 11) is 0. The van der Waals surface area contributed by atoms with Crippen LogP contribution in [0.4, 0.5) is 18.9 Å². The summed E-state index contributed by atoms with van der Waals surface area (Å²) in [6.07, 6.45) is 8.75. The van der Waals surface area contributed by atoms with Gasteiger partial charge in [0.25, 0.3) is 5.56 Å². The maximum Gasteiger partial charge on any atom is 0.416 e. The number of anilines is 1. The van der Waals surface area contributed by atoms with Gasteiger partial charge in [-0.25, -0.2) is 5.84 Å². The Morgan fingerprint density at radius 1 is 1.20 bits per heavy atom. The van der Waals surface area contributed by atoms with Crippen molar-refractivity contribution in [2.24, 2.45) is 17.5 Å². The smallest absolute Gasteiger partial charge is 0.401 e. The maximum absolute atomic E-state index is 12.2. The lowest BCUT2D eigenvalue weighted by Gasteiger charge is -2.20. The Kier molecular flexibility index (Phi) is 13.9. The molecule has 1 saturated carbocycles. The lowest BCUT2D eigenvalue weighted by atomic mass is 9.87. The zero-order chi connectivity index (χ0) is 30.3. The number of pyridine rings is 2. The second kappa shape index (κ2) is 17.1. The number of carbonyl (C=O) groups excluding carboxylic acids is 2. The van der Waals surface area contributed by atoms with E-state index in [0.29, 0.717) is 43.2 Å². The third kappa shape index (κ3) is 13.4. The Bertz CT molecular complexity index is 1190. The van der Waals surface area contributed by atoms with Gasteiger partial charge in [0.1, 0.15) is 0 Å². The number of hydrogen-bond acceptors (Lipinski definition) is 7. The molecule has 0 spiro atoms. The summed E-state index contributed by atoms with van der Waals surface area (Å²) < 4.78 is 38.2. The Hall–Kier alpha value is -3.87. The SMILES string of the molecule is C/C(N)=C/N(N)CCCCn1ccc(NC(=O)CC2CCCCC2)cc1=O.O=CNCc1cc(C(F)(F)F)ccn1. The van der Waals surface area contributed by atoms with Gasteiger partial charge < -0.3 is 25.9 Å². The van der Waals surface area contributed by atoms with Gasteiger partial charge >= 0.3 is 6.18 Å². The van der Waals surface area contributed by atoms with Crippen LogP contribution in [0.3, 0.4) is 0 Å². The lowest BCUT2D eigenvalue weighted by Crippen LogP contribution is -2.28. The number of amides is 2. The summed E-state index contributed by atoms with van der Waals surface area (Å²) in [4.78, 5) is 38.0. The molecule has 0 aromatic carbocycles. The number of halogens is 3. The first kappa shape index (κ1) is 33.3. The van der Waals surface area contributed by atoms with E-state index in [0.717, 1.165) is 44.0 Å². The largest absolute Gasteiger partial charge is 0.416 e. The molecule has 13 heteroatoms. The first-order valence-corrected chi connectivity index (χ1v) is 13.6. The second-order valence-corrected chi connectivity index (χ2v) is 10.1. The number of rotatable bonds is 12. The van der Waals surface area contributed by atoms with Crippen LogP contribution in [-0.4, -0.2) is 33.4 Å². The van der Waals surface area contributed by atoms with E-state index in [4.69, 9.17) is 11.6 Å². The van der Waals surface area contributed by atoms with Crippen molar-refractivity contribution in [2.75, 3.05) is 11.9 Å². The molecule has 0 atom stereocenters. The molecule has 1 aliphatic rings. The minimum Gasteiger partial charge on any atom is -0.401 e. The number of nitrogens with zero attached hydrogens (tertiary/aromatic N) is 3. The number of hydrazine groups is 1. The number of nitrogens with two attached hydrogens (primary N) is 2. The number of alkyl halides is 3. The summed E-state index contributed by atoms with van der Waals surface area (Å²) in [6.45, 7) is 3.08. The molecule has 10 nitrogen and oxygen atoms in total. The molecule has 2 amide bonds. The van der Waals surface area contributed by atoms with E-state index in [2.05, 4.69) is 15.6 Å². The average molecular weight is 580 g/mol. The molecule has 3 rings (SSSR count). The summed E-state index contributed by atoms with van der Waals surface area (Å²) in [5, 5.41) is 6.66. The van der Waals surface area contributed by atoms with Crippen molar-refractivity contribution in [3.05, 3.63) is 70.2 Å². The Balaban J connectivity index is 0.000000353. The molecule has 1 aliphatic carbocycles. The van der Waals surface area contributed by atoms with Gasteiger partial charge in [-0.3, -0.25) is 19.4 Å². The molecule has 2 aromatic heterocycles. The van der Waals surface area contributed by atoms with Gasteiger partial charge in [0.05, 0.1) is 17.8 Å². The normalized spacial score (nSPS) is 14.0. The van der Waals surface area contributed by atoms with E-state index in [1.54, 1.807) is 35.0 Å². The molecule has 41 heavy (non-hydrogen) atoms. The monoisotopic (exact) mass is 579 g/mol. The minimum atomic E-state index is -4.38. The topological polar surface area (TPSA) is 148 Å². The summed E-state index contributed by atoms with van der Waals surface area (Å²) in [5.74, 6) is 6.28. The van der Waals surface area contributed by atoms with E-state index in [1.807, 2.05) is 0 Å². The molecule has 0 unspecified atom stereocenters. The Morgan fingerprint density at radius 2 is 1.93 bits per heavy atom. The van der Waals surface area contributed by atoms with Crippen LogP contribution in [0, 0.1) is 5.92 Å².